The molecular weight excluding hydrogens is 431 g/mol. The summed E-state index contributed by atoms with van der Waals surface area (Å²) in [4.78, 5) is 0. The molecule has 0 radical (unpaired) electrons. The highest BCUT2D eigenvalue weighted by molar-refractivity contribution is 14.1. The van der Waals surface area contributed by atoms with E-state index in [9.17, 15) is 0 Å². The van der Waals surface area contributed by atoms with E-state index in [0.717, 1.165) is 41.9 Å². The van der Waals surface area contributed by atoms with Crippen molar-refractivity contribution in [3.8, 4) is 0 Å². The van der Waals surface area contributed by atoms with Crippen LogP contribution in [0.15, 0.2) is 23.5 Å². The third kappa shape index (κ3) is 2.32. The molecule has 5 rings (SSSR count). The van der Waals surface area contributed by atoms with Gasteiger partial charge in [0.25, 0.3) is 0 Å². The van der Waals surface area contributed by atoms with Crippen LogP contribution in [0.1, 0.15) is 65.2 Å². The topological polar surface area (TPSA) is 9.23 Å². The minimum atomic E-state index is 0.582. The Balaban J connectivity index is 1.49. The molecule has 0 N–H and O–H groups in total. The zero-order valence-corrected chi connectivity index (χ0v) is 18.9. The SMILES string of the molecule is COC1=CC2=CCC3C(CC[C@@]4(CCCI)C3[C@@H]3CC3C4(C)C)C2CC1. The van der Waals surface area contributed by atoms with Crippen molar-refractivity contribution in [1.29, 1.82) is 0 Å². The van der Waals surface area contributed by atoms with E-state index in [4.69, 9.17) is 4.74 Å². The Morgan fingerprint density at radius 2 is 2.04 bits per heavy atom. The number of halogens is 1. The van der Waals surface area contributed by atoms with Gasteiger partial charge in [0.15, 0.2) is 0 Å². The van der Waals surface area contributed by atoms with Crippen LogP contribution in [0.5, 0.6) is 0 Å². The first kappa shape index (κ1) is 18.1. The van der Waals surface area contributed by atoms with Crippen molar-refractivity contribution >= 4 is 22.6 Å². The molecule has 5 unspecified atom stereocenters. The summed E-state index contributed by atoms with van der Waals surface area (Å²) < 4.78 is 6.91. The largest absolute Gasteiger partial charge is 0.501 e. The smallest absolute Gasteiger partial charge is 0.0958 e. The van der Waals surface area contributed by atoms with Gasteiger partial charge < -0.3 is 4.74 Å². The van der Waals surface area contributed by atoms with Gasteiger partial charge >= 0.3 is 0 Å². The summed E-state index contributed by atoms with van der Waals surface area (Å²) in [6.07, 6.45) is 16.3. The molecule has 26 heavy (non-hydrogen) atoms. The van der Waals surface area contributed by atoms with E-state index in [1.54, 1.807) is 12.0 Å². The summed E-state index contributed by atoms with van der Waals surface area (Å²) in [7, 11) is 1.84. The van der Waals surface area contributed by atoms with Crippen molar-refractivity contribution < 1.29 is 4.74 Å². The predicted octanol–water partition coefficient (Wildman–Crippen LogP) is 6.78. The van der Waals surface area contributed by atoms with Crippen molar-refractivity contribution in [1.82, 2.24) is 0 Å². The molecule has 0 aromatic heterocycles. The van der Waals surface area contributed by atoms with Gasteiger partial charge in [-0.25, -0.2) is 0 Å². The van der Waals surface area contributed by atoms with E-state index >= 15 is 0 Å². The first-order valence-electron chi connectivity index (χ1n) is 11.0. The molecule has 0 aromatic rings. The lowest BCUT2D eigenvalue weighted by Crippen LogP contribution is -2.51. The molecule has 5 aliphatic rings. The third-order valence-electron chi connectivity index (χ3n) is 9.70. The van der Waals surface area contributed by atoms with Crippen LogP contribution in [-0.2, 0) is 4.74 Å². The maximum absolute atomic E-state index is 5.58. The first-order valence-corrected chi connectivity index (χ1v) is 12.6. The van der Waals surface area contributed by atoms with Crippen molar-refractivity contribution in [2.45, 2.75) is 65.2 Å². The van der Waals surface area contributed by atoms with Crippen molar-refractivity contribution in [2.75, 3.05) is 11.5 Å². The fourth-order valence-electron chi connectivity index (χ4n) is 8.52. The van der Waals surface area contributed by atoms with E-state index in [0.29, 0.717) is 10.8 Å². The summed E-state index contributed by atoms with van der Waals surface area (Å²) in [5.74, 6) is 7.10. The fourth-order valence-corrected chi connectivity index (χ4v) is 8.90. The predicted molar refractivity (Wildman–Crippen MR) is 116 cm³/mol. The second-order valence-corrected chi connectivity index (χ2v) is 11.5. The number of methoxy groups -OCH3 is 1. The molecular formula is C24H35IO. The summed E-state index contributed by atoms with van der Waals surface area (Å²) in [5, 5.41) is 0. The van der Waals surface area contributed by atoms with Crippen LogP contribution in [-0.4, -0.2) is 11.5 Å². The van der Waals surface area contributed by atoms with Gasteiger partial charge in [0.2, 0.25) is 0 Å². The zero-order valence-electron chi connectivity index (χ0n) is 16.8. The molecule has 0 heterocycles. The van der Waals surface area contributed by atoms with Crippen LogP contribution in [0.25, 0.3) is 0 Å². The molecule has 3 saturated carbocycles. The van der Waals surface area contributed by atoms with Gasteiger partial charge in [-0.15, -0.1) is 0 Å². The van der Waals surface area contributed by atoms with E-state index in [2.05, 4.69) is 48.6 Å². The third-order valence-corrected chi connectivity index (χ3v) is 10.5. The Hall–Kier alpha value is 0.01000. The number of allylic oxidation sites excluding steroid dienone is 4. The maximum Gasteiger partial charge on any atom is 0.0958 e. The van der Waals surface area contributed by atoms with Crippen molar-refractivity contribution in [3.05, 3.63) is 23.5 Å². The first-order chi connectivity index (χ1) is 12.5. The van der Waals surface area contributed by atoms with Crippen LogP contribution in [0.2, 0.25) is 0 Å². The number of fused-ring (bicyclic) bond motifs is 7. The standard InChI is InChI=1S/C24H35IO/c1-23(2)21-14-20(21)22-19-7-5-15-13-16(26-3)6-8-17(15)18(19)9-11-24(22,23)10-4-12-25/h5,13,17-22H,4,6-12,14H2,1-3H3/t17?,18?,19?,20-,21?,22?,24+/m1/s1. The Morgan fingerprint density at radius 1 is 1.19 bits per heavy atom. The summed E-state index contributed by atoms with van der Waals surface area (Å²) in [5.41, 5.74) is 2.86. The van der Waals surface area contributed by atoms with E-state index in [1.807, 2.05) is 7.11 Å². The van der Waals surface area contributed by atoms with Crippen LogP contribution in [0.3, 0.4) is 0 Å². The monoisotopic (exact) mass is 466 g/mol. The quantitative estimate of drug-likeness (QED) is 0.328. The van der Waals surface area contributed by atoms with Crippen LogP contribution < -0.4 is 0 Å². The molecule has 1 nitrogen and oxygen atoms in total. The Kier molecular flexibility index (Phi) is 4.35. The lowest BCUT2D eigenvalue weighted by molar-refractivity contribution is -0.0798. The molecule has 0 spiro atoms. The van der Waals surface area contributed by atoms with E-state index in [1.165, 1.54) is 48.7 Å². The summed E-state index contributed by atoms with van der Waals surface area (Å²) in [6.45, 7) is 5.31. The fraction of sp³-hybridized carbons (Fsp3) is 0.833. The van der Waals surface area contributed by atoms with Crippen LogP contribution in [0, 0.1) is 46.3 Å². The van der Waals surface area contributed by atoms with Crippen LogP contribution in [0.4, 0.5) is 0 Å². The highest BCUT2D eigenvalue weighted by Gasteiger charge is 2.73. The molecule has 7 atom stereocenters. The van der Waals surface area contributed by atoms with E-state index in [-0.39, 0.29) is 0 Å². The lowest BCUT2D eigenvalue weighted by Gasteiger charge is -2.58. The Labute approximate surface area is 173 Å². The highest BCUT2D eigenvalue weighted by atomic mass is 127. The molecule has 0 bridgehead atoms. The minimum Gasteiger partial charge on any atom is -0.501 e. The van der Waals surface area contributed by atoms with Gasteiger partial charge in [0.1, 0.15) is 0 Å². The second-order valence-electron chi connectivity index (χ2n) is 10.5. The normalized spacial score (nSPS) is 47.7. The number of ether oxygens (including phenoxy) is 1. The number of rotatable bonds is 4. The van der Waals surface area contributed by atoms with Crippen molar-refractivity contribution in [3.63, 3.8) is 0 Å². The molecule has 3 fully saturated rings. The Morgan fingerprint density at radius 3 is 2.81 bits per heavy atom. The van der Waals surface area contributed by atoms with Gasteiger partial charge in [0, 0.05) is 6.42 Å². The zero-order chi connectivity index (χ0) is 18.1. The molecule has 0 aliphatic heterocycles. The number of hydrogen-bond donors (Lipinski definition) is 0. The minimum absolute atomic E-state index is 0.582. The second kappa shape index (κ2) is 6.26. The van der Waals surface area contributed by atoms with Crippen LogP contribution >= 0.6 is 22.6 Å². The van der Waals surface area contributed by atoms with Crippen molar-refractivity contribution in [2.24, 2.45) is 46.3 Å². The molecule has 5 aliphatic carbocycles. The number of alkyl halides is 1. The van der Waals surface area contributed by atoms with Gasteiger partial charge in [-0.05, 0) is 107 Å². The van der Waals surface area contributed by atoms with Gasteiger partial charge in [-0.3, -0.25) is 0 Å². The maximum atomic E-state index is 5.58. The number of hydrogen-bond acceptors (Lipinski definition) is 1. The average Bonchev–Trinajstić information content (AvgIpc) is 3.42. The highest BCUT2D eigenvalue weighted by Crippen LogP contribution is 2.79. The molecule has 144 valence electrons. The Bertz CT molecular complexity index is 647. The molecule has 0 amide bonds. The summed E-state index contributed by atoms with van der Waals surface area (Å²) >= 11 is 2.60. The van der Waals surface area contributed by atoms with E-state index < -0.39 is 0 Å². The molecule has 2 heteroatoms. The summed E-state index contributed by atoms with van der Waals surface area (Å²) in [6, 6.07) is 0. The van der Waals surface area contributed by atoms with Gasteiger partial charge in [0.05, 0.1) is 12.9 Å². The van der Waals surface area contributed by atoms with Gasteiger partial charge in [-0.2, -0.15) is 0 Å². The molecule has 0 aromatic carbocycles. The van der Waals surface area contributed by atoms with Gasteiger partial charge in [-0.1, -0.05) is 42.5 Å². The molecule has 0 saturated heterocycles. The lowest BCUT2D eigenvalue weighted by atomic mass is 9.46. The average molecular weight is 466 g/mol.